The molecule has 0 bridgehead atoms. The van der Waals surface area contributed by atoms with Crippen LogP contribution in [0.2, 0.25) is 0 Å². The van der Waals surface area contributed by atoms with Crippen molar-refractivity contribution in [1.29, 1.82) is 0 Å². The molecule has 2 saturated heterocycles. The number of benzene rings is 1. The average molecular weight is 337 g/mol. The van der Waals surface area contributed by atoms with Crippen molar-refractivity contribution in [3.8, 4) is 0 Å². The number of carbonyl (C=O) groups excluding carboxylic acids is 1. The van der Waals surface area contributed by atoms with Gasteiger partial charge in [-0.1, -0.05) is 30.3 Å². The van der Waals surface area contributed by atoms with Gasteiger partial charge in [0.05, 0.1) is 6.04 Å². The van der Waals surface area contributed by atoms with Crippen LogP contribution in [0.15, 0.2) is 48.8 Å². The second kappa shape index (κ2) is 6.48. The number of aryl methyl sites for hydroxylation is 1. The minimum Gasteiger partial charge on any atom is -0.381 e. The number of urea groups is 1. The van der Waals surface area contributed by atoms with Gasteiger partial charge in [0.25, 0.3) is 0 Å². The summed E-state index contributed by atoms with van der Waals surface area (Å²) >= 11 is 0. The fourth-order valence-electron chi connectivity index (χ4n) is 4.10. The third-order valence-electron chi connectivity index (χ3n) is 5.50. The van der Waals surface area contributed by atoms with Crippen LogP contribution in [0.4, 0.5) is 10.5 Å². The van der Waals surface area contributed by atoms with Gasteiger partial charge in [0.15, 0.2) is 0 Å². The number of likely N-dealkylation sites (tertiary alicyclic amines) is 1. The van der Waals surface area contributed by atoms with Crippen LogP contribution in [0.5, 0.6) is 0 Å². The van der Waals surface area contributed by atoms with E-state index in [-0.39, 0.29) is 17.5 Å². The van der Waals surface area contributed by atoms with Gasteiger partial charge in [0.2, 0.25) is 0 Å². The Morgan fingerprint density at radius 2 is 2.00 bits per heavy atom. The van der Waals surface area contributed by atoms with Gasteiger partial charge < -0.3 is 15.0 Å². The fourth-order valence-corrected chi connectivity index (χ4v) is 4.10. The Hall–Kier alpha value is -2.40. The van der Waals surface area contributed by atoms with Crippen molar-refractivity contribution in [3.05, 3.63) is 59.9 Å². The van der Waals surface area contributed by atoms with Crippen LogP contribution in [0.1, 0.15) is 30.0 Å². The molecule has 130 valence electrons. The van der Waals surface area contributed by atoms with E-state index in [0.29, 0.717) is 0 Å². The van der Waals surface area contributed by atoms with Gasteiger partial charge in [-0.15, -0.1) is 0 Å². The summed E-state index contributed by atoms with van der Waals surface area (Å²) in [5.74, 6) is 0. The molecule has 1 aromatic heterocycles. The Morgan fingerprint density at radius 1 is 1.24 bits per heavy atom. The number of aromatic nitrogens is 1. The van der Waals surface area contributed by atoms with Gasteiger partial charge in [-0.2, -0.15) is 0 Å². The largest absolute Gasteiger partial charge is 0.381 e. The van der Waals surface area contributed by atoms with Crippen molar-refractivity contribution in [2.24, 2.45) is 5.41 Å². The van der Waals surface area contributed by atoms with E-state index in [0.717, 1.165) is 43.9 Å². The molecule has 0 saturated carbocycles. The van der Waals surface area contributed by atoms with E-state index < -0.39 is 0 Å². The molecule has 25 heavy (non-hydrogen) atoms. The summed E-state index contributed by atoms with van der Waals surface area (Å²) in [7, 11) is 0. The number of pyridine rings is 1. The Labute approximate surface area is 148 Å². The minimum atomic E-state index is -0.0414. The van der Waals surface area contributed by atoms with Gasteiger partial charge in [-0.25, -0.2) is 4.79 Å². The summed E-state index contributed by atoms with van der Waals surface area (Å²) in [6.45, 7) is 4.30. The molecule has 1 aromatic carbocycles. The lowest BCUT2D eigenvalue weighted by molar-refractivity contribution is -0.109. The number of rotatable bonds is 2. The monoisotopic (exact) mass is 337 g/mol. The Morgan fingerprint density at radius 3 is 2.72 bits per heavy atom. The molecule has 0 aliphatic carbocycles. The first-order valence-corrected chi connectivity index (χ1v) is 8.81. The summed E-state index contributed by atoms with van der Waals surface area (Å²) in [4.78, 5) is 19.0. The van der Waals surface area contributed by atoms with E-state index in [1.54, 1.807) is 12.4 Å². The number of carbonyl (C=O) groups is 1. The molecule has 5 nitrogen and oxygen atoms in total. The highest BCUT2D eigenvalue weighted by Gasteiger charge is 2.55. The lowest BCUT2D eigenvalue weighted by Crippen LogP contribution is -2.63. The van der Waals surface area contributed by atoms with Crippen molar-refractivity contribution < 1.29 is 9.53 Å². The highest BCUT2D eigenvalue weighted by molar-refractivity contribution is 5.91. The molecule has 1 N–H and O–H groups in total. The molecule has 2 fully saturated rings. The molecule has 2 amide bonds. The number of hydrogen-bond donors (Lipinski definition) is 1. The van der Waals surface area contributed by atoms with Crippen molar-refractivity contribution >= 4 is 11.7 Å². The Bertz CT molecular complexity index is 757. The Kier molecular flexibility index (Phi) is 4.17. The van der Waals surface area contributed by atoms with Crippen LogP contribution < -0.4 is 5.32 Å². The Balaban J connectivity index is 1.58. The molecular formula is C20H23N3O2. The van der Waals surface area contributed by atoms with Crippen molar-refractivity contribution in [2.75, 3.05) is 25.1 Å². The first-order valence-electron chi connectivity index (χ1n) is 8.81. The van der Waals surface area contributed by atoms with Crippen LogP contribution in [0.3, 0.4) is 0 Å². The molecule has 2 aromatic rings. The zero-order valence-corrected chi connectivity index (χ0v) is 14.4. The first kappa shape index (κ1) is 16.1. The zero-order chi connectivity index (χ0) is 17.3. The molecule has 4 rings (SSSR count). The molecule has 1 spiro atoms. The van der Waals surface area contributed by atoms with Crippen LogP contribution in [-0.2, 0) is 4.74 Å². The van der Waals surface area contributed by atoms with Gasteiger partial charge in [0, 0.05) is 43.3 Å². The summed E-state index contributed by atoms with van der Waals surface area (Å²) in [6.07, 6.45) is 5.48. The van der Waals surface area contributed by atoms with Crippen molar-refractivity contribution in [1.82, 2.24) is 9.88 Å². The van der Waals surface area contributed by atoms with Crippen LogP contribution in [-0.4, -0.2) is 35.7 Å². The van der Waals surface area contributed by atoms with Crippen LogP contribution >= 0.6 is 0 Å². The predicted octanol–water partition coefficient (Wildman–Crippen LogP) is 3.78. The third kappa shape index (κ3) is 2.89. The maximum Gasteiger partial charge on any atom is 0.322 e. The number of nitrogens with zero attached hydrogens (tertiary/aromatic N) is 2. The molecule has 2 aliphatic rings. The fraction of sp³-hybridized carbons (Fsp3) is 0.400. The van der Waals surface area contributed by atoms with E-state index in [9.17, 15) is 4.79 Å². The van der Waals surface area contributed by atoms with E-state index >= 15 is 0 Å². The normalized spacial score (nSPS) is 21.6. The first-order chi connectivity index (χ1) is 12.2. The van der Waals surface area contributed by atoms with E-state index in [1.807, 2.05) is 36.1 Å². The number of ether oxygens (including phenoxy) is 1. The van der Waals surface area contributed by atoms with Gasteiger partial charge in [-0.3, -0.25) is 4.98 Å². The molecule has 3 heterocycles. The third-order valence-corrected chi connectivity index (χ3v) is 5.50. The number of amides is 2. The summed E-state index contributed by atoms with van der Waals surface area (Å²) in [5.41, 5.74) is 3.13. The van der Waals surface area contributed by atoms with Crippen molar-refractivity contribution in [3.63, 3.8) is 0 Å². The topological polar surface area (TPSA) is 54.5 Å². The number of anilines is 1. The average Bonchev–Trinajstić information content (AvgIpc) is 2.63. The predicted molar refractivity (Wildman–Crippen MR) is 96.4 cm³/mol. The summed E-state index contributed by atoms with van der Waals surface area (Å²) in [6, 6.07) is 12.3. The van der Waals surface area contributed by atoms with E-state index in [4.69, 9.17) is 4.74 Å². The highest BCUT2D eigenvalue weighted by Crippen LogP contribution is 2.54. The molecule has 1 atom stereocenters. The summed E-state index contributed by atoms with van der Waals surface area (Å²) in [5, 5.41) is 3.05. The van der Waals surface area contributed by atoms with Gasteiger partial charge in [0.1, 0.15) is 0 Å². The molecule has 0 radical (unpaired) electrons. The SMILES string of the molecule is Cc1cnccc1NC(=O)N1CC2(CCOCC2)C1c1ccccc1. The smallest absolute Gasteiger partial charge is 0.322 e. The van der Waals surface area contributed by atoms with Crippen LogP contribution in [0, 0.1) is 12.3 Å². The second-order valence-corrected chi connectivity index (χ2v) is 7.04. The van der Waals surface area contributed by atoms with Gasteiger partial charge in [-0.05, 0) is 37.0 Å². The molecule has 2 aliphatic heterocycles. The van der Waals surface area contributed by atoms with E-state index in [2.05, 4.69) is 22.4 Å². The number of hydrogen-bond acceptors (Lipinski definition) is 3. The maximum atomic E-state index is 12.9. The highest BCUT2D eigenvalue weighted by atomic mass is 16.5. The molecular weight excluding hydrogens is 314 g/mol. The van der Waals surface area contributed by atoms with Crippen LogP contribution in [0.25, 0.3) is 0 Å². The molecule has 1 unspecified atom stereocenters. The zero-order valence-electron chi connectivity index (χ0n) is 14.4. The maximum absolute atomic E-state index is 12.9. The van der Waals surface area contributed by atoms with Crippen molar-refractivity contribution in [2.45, 2.75) is 25.8 Å². The lowest BCUT2D eigenvalue weighted by atomic mass is 9.64. The molecule has 5 heteroatoms. The quantitative estimate of drug-likeness (QED) is 0.907. The number of nitrogens with one attached hydrogen (secondary N) is 1. The summed E-state index contributed by atoms with van der Waals surface area (Å²) < 4.78 is 5.57. The lowest BCUT2D eigenvalue weighted by Gasteiger charge is -2.59. The minimum absolute atomic E-state index is 0.0414. The second-order valence-electron chi connectivity index (χ2n) is 7.04. The van der Waals surface area contributed by atoms with Gasteiger partial charge >= 0.3 is 6.03 Å². The van der Waals surface area contributed by atoms with E-state index in [1.165, 1.54) is 5.56 Å². The standard InChI is InChI=1S/C20H23N3O2/c1-15-13-21-10-7-17(15)22-19(24)23-14-20(8-11-25-12-9-20)18(23)16-5-3-2-4-6-16/h2-7,10,13,18H,8-9,11-12,14H2,1H3,(H,21,22,24).